The van der Waals surface area contributed by atoms with E-state index in [-0.39, 0.29) is 6.15 Å². The highest BCUT2D eigenvalue weighted by atomic mass is 17.2. The molecule has 1 aliphatic heterocycles. The number of rotatable bonds is 0. The van der Waals surface area contributed by atoms with Gasteiger partial charge in [-0.05, 0) is 12.8 Å². The minimum atomic E-state index is 0. The molecule has 3 heteroatoms. The SMILES string of the molecule is C1CCOOC1.N. The van der Waals surface area contributed by atoms with Gasteiger partial charge in [0.05, 0.1) is 13.2 Å². The van der Waals surface area contributed by atoms with Crippen LogP contribution in [-0.4, -0.2) is 13.2 Å². The van der Waals surface area contributed by atoms with Crippen LogP contribution in [0.25, 0.3) is 0 Å². The molecule has 7 heavy (non-hydrogen) atoms. The largest absolute Gasteiger partial charge is 0.344 e. The second kappa shape index (κ2) is 4.05. The Morgan fingerprint density at radius 1 is 0.857 bits per heavy atom. The van der Waals surface area contributed by atoms with E-state index in [1.807, 2.05) is 0 Å². The van der Waals surface area contributed by atoms with Gasteiger partial charge in [0, 0.05) is 0 Å². The molecule has 1 rings (SSSR count). The Balaban J connectivity index is 0.000000360. The third-order valence-corrected chi connectivity index (χ3v) is 0.789. The minimum absolute atomic E-state index is 0. The van der Waals surface area contributed by atoms with E-state index in [0.717, 1.165) is 26.1 Å². The van der Waals surface area contributed by atoms with E-state index in [9.17, 15) is 0 Å². The van der Waals surface area contributed by atoms with Gasteiger partial charge in [-0.2, -0.15) is 0 Å². The monoisotopic (exact) mass is 105 g/mol. The fraction of sp³-hybridized carbons (Fsp3) is 1.00. The summed E-state index contributed by atoms with van der Waals surface area (Å²) in [6.07, 6.45) is 2.31. The van der Waals surface area contributed by atoms with E-state index >= 15 is 0 Å². The summed E-state index contributed by atoms with van der Waals surface area (Å²) in [5.41, 5.74) is 0. The molecule has 0 atom stereocenters. The van der Waals surface area contributed by atoms with Crippen LogP contribution in [0.4, 0.5) is 0 Å². The van der Waals surface area contributed by atoms with Crippen molar-refractivity contribution < 1.29 is 9.78 Å². The predicted molar refractivity (Wildman–Crippen MR) is 26.2 cm³/mol. The van der Waals surface area contributed by atoms with Crippen molar-refractivity contribution >= 4 is 0 Å². The first-order valence-corrected chi connectivity index (χ1v) is 2.24. The highest BCUT2D eigenvalue weighted by Crippen LogP contribution is 1.97. The first-order chi connectivity index (χ1) is 3.00. The van der Waals surface area contributed by atoms with Crippen molar-refractivity contribution in [2.75, 3.05) is 13.2 Å². The van der Waals surface area contributed by atoms with Gasteiger partial charge < -0.3 is 6.15 Å². The molecule has 0 aromatic rings. The summed E-state index contributed by atoms with van der Waals surface area (Å²) in [5.74, 6) is 0. The van der Waals surface area contributed by atoms with Crippen LogP contribution in [0.5, 0.6) is 0 Å². The molecular formula is C4H11NO2. The molecule has 0 aliphatic carbocycles. The van der Waals surface area contributed by atoms with Crippen LogP contribution in [0.1, 0.15) is 12.8 Å². The zero-order valence-corrected chi connectivity index (χ0v) is 4.35. The summed E-state index contributed by atoms with van der Waals surface area (Å²) in [6, 6.07) is 0. The smallest absolute Gasteiger partial charge is 0.0823 e. The molecule has 0 bridgehead atoms. The maximum Gasteiger partial charge on any atom is 0.0823 e. The van der Waals surface area contributed by atoms with Crippen molar-refractivity contribution in [3.05, 3.63) is 0 Å². The van der Waals surface area contributed by atoms with Gasteiger partial charge in [0.15, 0.2) is 0 Å². The molecule has 0 aromatic heterocycles. The summed E-state index contributed by atoms with van der Waals surface area (Å²) in [7, 11) is 0. The summed E-state index contributed by atoms with van der Waals surface area (Å²) in [4.78, 5) is 9.14. The third-order valence-electron chi connectivity index (χ3n) is 0.789. The maximum absolute atomic E-state index is 4.57. The highest BCUT2D eigenvalue weighted by Gasteiger charge is 1.95. The van der Waals surface area contributed by atoms with Crippen LogP contribution in [-0.2, 0) is 9.78 Å². The Morgan fingerprint density at radius 2 is 1.29 bits per heavy atom. The average molecular weight is 105 g/mol. The Labute approximate surface area is 43.1 Å². The molecular weight excluding hydrogens is 94.0 g/mol. The summed E-state index contributed by atoms with van der Waals surface area (Å²) in [5, 5.41) is 0. The summed E-state index contributed by atoms with van der Waals surface area (Å²) in [6.45, 7) is 1.56. The van der Waals surface area contributed by atoms with Crippen LogP contribution in [0.2, 0.25) is 0 Å². The lowest BCUT2D eigenvalue weighted by Crippen LogP contribution is -2.05. The summed E-state index contributed by atoms with van der Waals surface area (Å²) < 4.78 is 0. The van der Waals surface area contributed by atoms with Gasteiger partial charge in [-0.1, -0.05) is 0 Å². The molecule has 3 nitrogen and oxygen atoms in total. The third kappa shape index (κ3) is 2.56. The van der Waals surface area contributed by atoms with Gasteiger partial charge in [0.1, 0.15) is 0 Å². The van der Waals surface area contributed by atoms with Crippen LogP contribution < -0.4 is 6.15 Å². The molecule has 0 aromatic carbocycles. The van der Waals surface area contributed by atoms with E-state index in [1.54, 1.807) is 0 Å². The standard InChI is InChI=1S/C4H8O2.H3N/c1-2-4-6-5-3-1;/h1-4H2;1H3. The summed E-state index contributed by atoms with van der Waals surface area (Å²) >= 11 is 0. The van der Waals surface area contributed by atoms with Crippen molar-refractivity contribution in [1.82, 2.24) is 6.15 Å². The number of hydrogen-bond acceptors (Lipinski definition) is 3. The van der Waals surface area contributed by atoms with Crippen molar-refractivity contribution in [1.29, 1.82) is 0 Å². The Kier molecular flexibility index (Phi) is 3.98. The molecule has 1 fully saturated rings. The zero-order valence-electron chi connectivity index (χ0n) is 4.35. The van der Waals surface area contributed by atoms with E-state index in [4.69, 9.17) is 0 Å². The molecule has 44 valence electrons. The molecule has 0 amide bonds. The van der Waals surface area contributed by atoms with Crippen molar-refractivity contribution in [3.63, 3.8) is 0 Å². The highest BCUT2D eigenvalue weighted by molar-refractivity contribution is 4.36. The molecule has 1 aliphatic rings. The van der Waals surface area contributed by atoms with Gasteiger partial charge in [-0.3, -0.25) is 0 Å². The Morgan fingerprint density at radius 3 is 1.43 bits per heavy atom. The quantitative estimate of drug-likeness (QED) is 0.465. The second-order valence-electron chi connectivity index (χ2n) is 1.35. The van der Waals surface area contributed by atoms with Gasteiger partial charge in [0.2, 0.25) is 0 Å². The van der Waals surface area contributed by atoms with E-state index < -0.39 is 0 Å². The minimum Gasteiger partial charge on any atom is -0.344 e. The van der Waals surface area contributed by atoms with E-state index in [2.05, 4.69) is 9.78 Å². The first-order valence-electron chi connectivity index (χ1n) is 2.24. The molecule has 0 radical (unpaired) electrons. The lowest BCUT2D eigenvalue weighted by molar-refractivity contribution is -0.312. The van der Waals surface area contributed by atoms with Crippen LogP contribution in [0.15, 0.2) is 0 Å². The van der Waals surface area contributed by atoms with Gasteiger partial charge >= 0.3 is 0 Å². The van der Waals surface area contributed by atoms with Crippen molar-refractivity contribution in [2.24, 2.45) is 0 Å². The molecule has 3 N–H and O–H groups in total. The molecule has 0 spiro atoms. The fourth-order valence-corrected chi connectivity index (χ4v) is 0.440. The lowest BCUT2D eigenvalue weighted by Gasteiger charge is -2.07. The van der Waals surface area contributed by atoms with Crippen LogP contribution >= 0.6 is 0 Å². The van der Waals surface area contributed by atoms with E-state index in [1.165, 1.54) is 0 Å². The topological polar surface area (TPSA) is 53.5 Å². The van der Waals surface area contributed by atoms with Gasteiger partial charge in [-0.25, -0.2) is 9.78 Å². The van der Waals surface area contributed by atoms with Crippen LogP contribution in [0.3, 0.4) is 0 Å². The van der Waals surface area contributed by atoms with Crippen LogP contribution in [0, 0.1) is 0 Å². The normalized spacial score (nSPS) is 20.6. The maximum atomic E-state index is 4.57. The predicted octanol–water partition coefficient (Wildman–Crippen LogP) is 0.890. The lowest BCUT2D eigenvalue weighted by atomic mass is 10.3. The van der Waals surface area contributed by atoms with Gasteiger partial charge in [0.25, 0.3) is 0 Å². The molecule has 1 heterocycles. The first kappa shape index (κ1) is 6.88. The van der Waals surface area contributed by atoms with Crippen molar-refractivity contribution in [3.8, 4) is 0 Å². The molecule has 0 unspecified atom stereocenters. The second-order valence-corrected chi connectivity index (χ2v) is 1.35. The van der Waals surface area contributed by atoms with Gasteiger partial charge in [-0.15, -0.1) is 0 Å². The Bertz CT molecular complexity index is 25.2. The molecule has 1 saturated heterocycles. The Hall–Kier alpha value is -0.120. The van der Waals surface area contributed by atoms with E-state index in [0.29, 0.717) is 0 Å². The average Bonchev–Trinajstić information content (AvgIpc) is 1.72. The molecule has 0 saturated carbocycles. The zero-order chi connectivity index (χ0) is 4.24. The van der Waals surface area contributed by atoms with Crippen molar-refractivity contribution in [2.45, 2.75) is 12.8 Å². The fourth-order valence-electron chi connectivity index (χ4n) is 0.440. The number of hydrogen-bond donors (Lipinski definition) is 1.